The molecule has 0 bridgehead atoms. The fourth-order valence-electron chi connectivity index (χ4n) is 3.10. The van der Waals surface area contributed by atoms with Crippen LogP contribution in [0, 0.1) is 0 Å². The van der Waals surface area contributed by atoms with Crippen LogP contribution < -0.4 is 4.90 Å². The van der Waals surface area contributed by atoms with Gasteiger partial charge in [-0.3, -0.25) is 9.69 Å². The fraction of sp³-hybridized carbons (Fsp3) is 0. The minimum absolute atomic E-state index is 0.187. The van der Waals surface area contributed by atoms with Gasteiger partial charge < -0.3 is 0 Å². The molecule has 6 heteroatoms. The standard InChI is InChI=1S/C23H13Cl4NO/c24-17-7-6-15(20(26)12-17)10-16-11-22(14-4-2-1-3-5-14)28(23(16)29)18-8-9-19(25)21(27)13-18/h1-13H/b16-10+. The van der Waals surface area contributed by atoms with E-state index in [1.54, 1.807) is 47.4 Å². The van der Waals surface area contributed by atoms with E-state index in [0.717, 1.165) is 11.3 Å². The van der Waals surface area contributed by atoms with Crippen molar-refractivity contribution in [2.24, 2.45) is 0 Å². The van der Waals surface area contributed by atoms with Crippen LogP contribution in [0.3, 0.4) is 0 Å². The van der Waals surface area contributed by atoms with Crippen molar-refractivity contribution >= 4 is 69.8 Å². The number of carbonyl (C=O) groups excluding carboxylic acids is 1. The molecule has 0 atom stereocenters. The largest absolute Gasteiger partial charge is 0.276 e. The molecule has 0 aromatic heterocycles. The Kier molecular flexibility index (Phi) is 5.71. The molecule has 0 saturated carbocycles. The van der Waals surface area contributed by atoms with E-state index < -0.39 is 0 Å². The number of halogens is 4. The van der Waals surface area contributed by atoms with E-state index >= 15 is 0 Å². The Balaban J connectivity index is 1.84. The zero-order valence-corrected chi connectivity index (χ0v) is 17.9. The average Bonchev–Trinajstić information content (AvgIpc) is 3.03. The molecule has 1 heterocycles. The highest BCUT2D eigenvalue weighted by molar-refractivity contribution is 6.42. The molecule has 0 unspecified atom stereocenters. The van der Waals surface area contributed by atoms with E-state index in [1.165, 1.54) is 0 Å². The first-order valence-electron chi connectivity index (χ1n) is 8.67. The average molecular weight is 461 g/mol. The summed E-state index contributed by atoms with van der Waals surface area (Å²) in [6.45, 7) is 0. The molecule has 4 rings (SSSR count). The maximum absolute atomic E-state index is 13.3. The molecule has 0 spiro atoms. The molecule has 1 amide bonds. The van der Waals surface area contributed by atoms with Gasteiger partial charge in [0.2, 0.25) is 0 Å². The van der Waals surface area contributed by atoms with Crippen LogP contribution in [0.5, 0.6) is 0 Å². The number of carbonyl (C=O) groups is 1. The third kappa shape index (κ3) is 4.08. The van der Waals surface area contributed by atoms with E-state index in [9.17, 15) is 4.79 Å². The monoisotopic (exact) mass is 459 g/mol. The van der Waals surface area contributed by atoms with Gasteiger partial charge in [0.25, 0.3) is 5.91 Å². The summed E-state index contributed by atoms with van der Waals surface area (Å²) in [6, 6.07) is 19.9. The lowest BCUT2D eigenvalue weighted by molar-refractivity contribution is -0.113. The summed E-state index contributed by atoms with van der Waals surface area (Å²) in [5, 5.41) is 1.81. The van der Waals surface area contributed by atoms with Crippen molar-refractivity contribution in [1.29, 1.82) is 0 Å². The Hall–Kier alpha value is -2.23. The van der Waals surface area contributed by atoms with Crippen LogP contribution in [0.15, 0.2) is 78.4 Å². The van der Waals surface area contributed by atoms with Gasteiger partial charge in [0, 0.05) is 15.6 Å². The molecule has 1 aliphatic heterocycles. The van der Waals surface area contributed by atoms with Gasteiger partial charge >= 0.3 is 0 Å². The van der Waals surface area contributed by atoms with Crippen molar-refractivity contribution in [3.05, 3.63) is 110 Å². The highest BCUT2D eigenvalue weighted by Crippen LogP contribution is 2.38. The first-order valence-corrected chi connectivity index (χ1v) is 10.2. The van der Waals surface area contributed by atoms with E-state index in [0.29, 0.717) is 36.9 Å². The molecule has 0 fully saturated rings. The number of hydrogen-bond donors (Lipinski definition) is 0. The van der Waals surface area contributed by atoms with Crippen molar-refractivity contribution < 1.29 is 4.79 Å². The number of rotatable bonds is 3. The molecule has 29 heavy (non-hydrogen) atoms. The maximum Gasteiger partial charge on any atom is 0.262 e. The summed E-state index contributed by atoms with van der Waals surface area (Å²) >= 11 is 24.5. The van der Waals surface area contributed by atoms with Gasteiger partial charge in [0.05, 0.1) is 21.4 Å². The van der Waals surface area contributed by atoms with E-state index in [1.807, 2.05) is 36.4 Å². The van der Waals surface area contributed by atoms with Gasteiger partial charge in [0.15, 0.2) is 0 Å². The molecular weight excluding hydrogens is 448 g/mol. The Labute approximate surface area is 188 Å². The van der Waals surface area contributed by atoms with Crippen LogP contribution in [0.25, 0.3) is 11.8 Å². The number of anilines is 1. The van der Waals surface area contributed by atoms with E-state index in [2.05, 4.69) is 0 Å². The Morgan fingerprint density at radius 2 is 1.52 bits per heavy atom. The zero-order chi connectivity index (χ0) is 20.5. The molecule has 3 aromatic rings. The smallest absolute Gasteiger partial charge is 0.262 e. The number of nitrogens with zero attached hydrogens (tertiary/aromatic N) is 1. The third-order valence-corrected chi connectivity index (χ3v) is 5.79. The first-order chi connectivity index (χ1) is 13.9. The predicted molar refractivity (Wildman–Crippen MR) is 123 cm³/mol. The summed E-state index contributed by atoms with van der Waals surface area (Å²) in [5.41, 5.74) is 3.48. The summed E-state index contributed by atoms with van der Waals surface area (Å²) < 4.78 is 0. The van der Waals surface area contributed by atoms with Gasteiger partial charge in [-0.2, -0.15) is 0 Å². The van der Waals surface area contributed by atoms with Crippen LogP contribution in [-0.4, -0.2) is 5.91 Å². The lowest BCUT2D eigenvalue weighted by Crippen LogP contribution is -2.24. The molecule has 0 saturated heterocycles. The highest BCUT2D eigenvalue weighted by Gasteiger charge is 2.30. The lowest BCUT2D eigenvalue weighted by atomic mass is 10.1. The van der Waals surface area contributed by atoms with Crippen LogP contribution >= 0.6 is 46.4 Å². The maximum atomic E-state index is 13.3. The summed E-state index contributed by atoms with van der Waals surface area (Å²) in [7, 11) is 0. The topological polar surface area (TPSA) is 20.3 Å². The predicted octanol–water partition coefficient (Wildman–Crippen LogP) is 7.77. The second-order valence-electron chi connectivity index (χ2n) is 6.40. The molecule has 0 aliphatic carbocycles. The van der Waals surface area contributed by atoms with Gasteiger partial charge in [-0.05, 0) is 53.6 Å². The summed E-state index contributed by atoms with van der Waals surface area (Å²) in [5.74, 6) is -0.187. The highest BCUT2D eigenvalue weighted by atomic mass is 35.5. The van der Waals surface area contributed by atoms with Gasteiger partial charge in [-0.25, -0.2) is 0 Å². The van der Waals surface area contributed by atoms with Gasteiger partial charge in [-0.1, -0.05) is 82.8 Å². The van der Waals surface area contributed by atoms with Crippen LogP contribution in [0.4, 0.5) is 5.69 Å². The minimum Gasteiger partial charge on any atom is -0.276 e. The fourth-order valence-corrected chi connectivity index (χ4v) is 3.86. The second kappa shape index (κ2) is 8.25. The lowest BCUT2D eigenvalue weighted by Gasteiger charge is -2.21. The molecule has 2 nitrogen and oxygen atoms in total. The van der Waals surface area contributed by atoms with Crippen molar-refractivity contribution in [3.8, 4) is 0 Å². The normalized spacial score (nSPS) is 15.2. The Morgan fingerprint density at radius 3 is 2.21 bits per heavy atom. The number of benzene rings is 3. The summed E-state index contributed by atoms with van der Waals surface area (Å²) in [4.78, 5) is 14.9. The molecule has 0 radical (unpaired) electrons. The Morgan fingerprint density at radius 1 is 0.759 bits per heavy atom. The minimum atomic E-state index is -0.187. The third-order valence-electron chi connectivity index (χ3n) is 4.49. The quantitative estimate of drug-likeness (QED) is 0.365. The second-order valence-corrected chi connectivity index (χ2v) is 8.06. The van der Waals surface area contributed by atoms with Crippen molar-refractivity contribution in [2.45, 2.75) is 0 Å². The van der Waals surface area contributed by atoms with E-state index in [-0.39, 0.29) is 5.91 Å². The van der Waals surface area contributed by atoms with Crippen molar-refractivity contribution in [2.75, 3.05) is 4.90 Å². The zero-order valence-electron chi connectivity index (χ0n) is 14.9. The molecular formula is C23H13Cl4NO. The molecule has 144 valence electrons. The van der Waals surface area contributed by atoms with Crippen LogP contribution in [0.2, 0.25) is 20.1 Å². The van der Waals surface area contributed by atoms with Crippen LogP contribution in [0.1, 0.15) is 11.1 Å². The SMILES string of the molecule is O=C1/C(=C/c2ccc(Cl)cc2Cl)C=C(c2ccccc2)N1c1ccc(Cl)c(Cl)c1. The van der Waals surface area contributed by atoms with Crippen LogP contribution in [-0.2, 0) is 4.79 Å². The van der Waals surface area contributed by atoms with Gasteiger partial charge in [0.1, 0.15) is 0 Å². The van der Waals surface area contributed by atoms with Crippen molar-refractivity contribution in [3.63, 3.8) is 0 Å². The molecule has 3 aromatic carbocycles. The number of hydrogen-bond acceptors (Lipinski definition) is 1. The van der Waals surface area contributed by atoms with E-state index in [4.69, 9.17) is 46.4 Å². The molecule has 1 aliphatic rings. The molecule has 0 N–H and O–H groups in total. The van der Waals surface area contributed by atoms with Crippen molar-refractivity contribution in [1.82, 2.24) is 0 Å². The Bertz CT molecular complexity index is 1170. The number of amides is 1. The van der Waals surface area contributed by atoms with Gasteiger partial charge in [-0.15, -0.1) is 0 Å². The summed E-state index contributed by atoms with van der Waals surface area (Å²) in [6.07, 6.45) is 3.59. The first kappa shape index (κ1) is 20.1.